The van der Waals surface area contributed by atoms with Crippen molar-refractivity contribution in [2.75, 3.05) is 12.3 Å². The minimum atomic E-state index is -0.263. The summed E-state index contributed by atoms with van der Waals surface area (Å²) in [6.07, 6.45) is 3.81. The van der Waals surface area contributed by atoms with Crippen molar-refractivity contribution in [2.24, 2.45) is 0 Å². The molecule has 0 N–H and O–H groups in total. The monoisotopic (exact) mass is 163 g/mol. The van der Waals surface area contributed by atoms with Crippen LogP contribution in [0.5, 0.6) is 0 Å². The van der Waals surface area contributed by atoms with E-state index in [2.05, 4.69) is 12.6 Å². The lowest BCUT2D eigenvalue weighted by Crippen LogP contribution is -1.99. The lowest BCUT2D eigenvalue weighted by Gasteiger charge is -1.93. The van der Waals surface area contributed by atoms with Crippen molar-refractivity contribution < 1.29 is 4.92 Å². The average Bonchev–Trinajstić information content (AvgIpc) is 1.87. The van der Waals surface area contributed by atoms with Crippen LogP contribution in [0.1, 0.15) is 25.7 Å². The van der Waals surface area contributed by atoms with Crippen LogP contribution in [0.25, 0.3) is 0 Å². The number of nitrogens with zero attached hydrogens (tertiary/aromatic N) is 1. The van der Waals surface area contributed by atoms with Crippen LogP contribution in [0.4, 0.5) is 0 Å². The van der Waals surface area contributed by atoms with Crippen LogP contribution in [0.15, 0.2) is 0 Å². The van der Waals surface area contributed by atoms with Gasteiger partial charge in [0.25, 0.3) is 0 Å². The molecule has 0 saturated heterocycles. The molecule has 0 amide bonds. The summed E-state index contributed by atoms with van der Waals surface area (Å²) in [5, 5.41) is 9.82. The molecule has 4 heteroatoms. The highest BCUT2D eigenvalue weighted by Gasteiger charge is 1.95. The first kappa shape index (κ1) is 9.75. The van der Waals surface area contributed by atoms with Gasteiger partial charge in [0.2, 0.25) is 6.54 Å². The third-order valence-electron chi connectivity index (χ3n) is 1.25. The second kappa shape index (κ2) is 6.86. The van der Waals surface area contributed by atoms with E-state index in [-0.39, 0.29) is 11.5 Å². The second-order valence-corrected chi connectivity index (χ2v) is 2.64. The van der Waals surface area contributed by atoms with E-state index in [1.807, 2.05) is 0 Å². The van der Waals surface area contributed by atoms with Crippen LogP contribution in [-0.4, -0.2) is 17.2 Å². The van der Waals surface area contributed by atoms with Crippen molar-refractivity contribution in [1.29, 1.82) is 0 Å². The molecule has 0 radical (unpaired) electrons. The number of nitro groups is 1. The number of hydrogen-bond donors (Lipinski definition) is 1. The van der Waals surface area contributed by atoms with Gasteiger partial charge in [-0.15, -0.1) is 0 Å². The summed E-state index contributed by atoms with van der Waals surface area (Å²) in [4.78, 5) is 9.56. The van der Waals surface area contributed by atoms with Gasteiger partial charge in [-0.05, 0) is 18.6 Å². The van der Waals surface area contributed by atoms with Gasteiger partial charge in [-0.3, -0.25) is 10.1 Å². The topological polar surface area (TPSA) is 43.1 Å². The van der Waals surface area contributed by atoms with Crippen LogP contribution in [0.3, 0.4) is 0 Å². The summed E-state index contributed by atoms with van der Waals surface area (Å²) in [7, 11) is 0. The van der Waals surface area contributed by atoms with Crippen molar-refractivity contribution in [3.8, 4) is 0 Å². The van der Waals surface area contributed by atoms with Gasteiger partial charge in [0, 0.05) is 11.3 Å². The normalized spacial score (nSPS) is 9.70. The van der Waals surface area contributed by atoms with Gasteiger partial charge in [-0.1, -0.05) is 6.42 Å². The number of thiol groups is 1. The molecule has 0 bridgehead atoms. The fourth-order valence-electron chi connectivity index (χ4n) is 0.706. The van der Waals surface area contributed by atoms with Crippen LogP contribution < -0.4 is 0 Å². The molecule has 0 aliphatic rings. The molecule has 0 heterocycles. The quantitative estimate of drug-likeness (QED) is 0.280. The molecule has 0 rings (SSSR count). The Morgan fingerprint density at radius 1 is 1.20 bits per heavy atom. The Hall–Kier alpha value is -0.250. The standard InChI is InChI=1S/C6H13NO2S/c8-7(9)5-3-1-2-4-6-10/h10H,1-6H2. The van der Waals surface area contributed by atoms with E-state index in [1.54, 1.807) is 0 Å². The Labute approximate surface area is 66.4 Å². The summed E-state index contributed by atoms with van der Waals surface area (Å²) in [6.45, 7) is 0.118. The third-order valence-corrected chi connectivity index (χ3v) is 1.57. The average molecular weight is 163 g/mol. The summed E-state index contributed by atoms with van der Waals surface area (Å²) in [5.41, 5.74) is 0. The van der Waals surface area contributed by atoms with E-state index in [4.69, 9.17) is 0 Å². The van der Waals surface area contributed by atoms with Crippen LogP contribution in [-0.2, 0) is 0 Å². The van der Waals surface area contributed by atoms with Gasteiger partial charge in [0.05, 0.1) is 0 Å². The number of unbranched alkanes of at least 4 members (excludes halogenated alkanes) is 3. The molecule has 0 saturated carbocycles. The Morgan fingerprint density at radius 3 is 2.30 bits per heavy atom. The van der Waals surface area contributed by atoms with Gasteiger partial charge in [0.1, 0.15) is 0 Å². The van der Waals surface area contributed by atoms with E-state index in [9.17, 15) is 10.1 Å². The highest BCUT2D eigenvalue weighted by atomic mass is 32.1. The first-order valence-corrected chi connectivity index (χ1v) is 4.13. The molecule has 0 atom stereocenters. The van der Waals surface area contributed by atoms with Gasteiger partial charge in [-0.2, -0.15) is 12.6 Å². The molecular formula is C6H13NO2S. The zero-order valence-corrected chi connectivity index (χ0v) is 6.85. The molecule has 0 aromatic carbocycles. The van der Waals surface area contributed by atoms with Gasteiger partial charge >= 0.3 is 0 Å². The maximum Gasteiger partial charge on any atom is 0.203 e. The van der Waals surface area contributed by atoms with Crippen molar-refractivity contribution in [1.82, 2.24) is 0 Å². The van der Waals surface area contributed by atoms with E-state index >= 15 is 0 Å². The fraction of sp³-hybridized carbons (Fsp3) is 1.00. The summed E-state index contributed by atoms with van der Waals surface area (Å²) in [5.74, 6) is 0.887. The molecule has 0 aliphatic heterocycles. The largest absolute Gasteiger partial charge is 0.265 e. The Bertz CT molecular complexity index is 97.7. The minimum Gasteiger partial charge on any atom is -0.265 e. The maximum atomic E-state index is 9.82. The molecule has 0 spiro atoms. The van der Waals surface area contributed by atoms with Crippen molar-refractivity contribution >= 4 is 12.6 Å². The van der Waals surface area contributed by atoms with Crippen molar-refractivity contribution in [3.63, 3.8) is 0 Å². The lowest BCUT2D eigenvalue weighted by atomic mass is 10.2. The molecular weight excluding hydrogens is 150 g/mol. The SMILES string of the molecule is O=[N+]([O-])CCCCCCS. The zero-order chi connectivity index (χ0) is 7.82. The Balaban J connectivity index is 2.84. The summed E-state index contributed by atoms with van der Waals surface area (Å²) in [6, 6.07) is 0. The van der Waals surface area contributed by atoms with E-state index in [0.717, 1.165) is 25.0 Å². The highest BCUT2D eigenvalue weighted by Crippen LogP contribution is 2.00. The predicted molar refractivity (Wildman–Crippen MR) is 44.2 cm³/mol. The molecule has 60 valence electrons. The molecule has 3 nitrogen and oxygen atoms in total. The number of hydrogen-bond acceptors (Lipinski definition) is 3. The Morgan fingerprint density at radius 2 is 1.80 bits per heavy atom. The van der Waals surface area contributed by atoms with Crippen molar-refractivity contribution in [3.05, 3.63) is 10.1 Å². The van der Waals surface area contributed by atoms with Gasteiger partial charge < -0.3 is 0 Å². The van der Waals surface area contributed by atoms with Gasteiger partial charge in [-0.25, -0.2) is 0 Å². The second-order valence-electron chi connectivity index (χ2n) is 2.19. The summed E-state index contributed by atoms with van der Waals surface area (Å²) >= 11 is 4.03. The fourth-order valence-corrected chi connectivity index (χ4v) is 0.930. The van der Waals surface area contributed by atoms with E-state index in [0.29, 0.717) is 6.42 Å². The lowest BCUT2D eigenvalue weighted by molar-refractivity contribution is -0.480. The molecule has 0 fully saturated rings. The molecule has 0 unspecified atom stereocenters. The maximum absolute atomic E-state index is 9.82. The summed E-state index contributed by atoms with van der Waals surface area (Å²) < 4.78 is 0. The highest BCUT2D eigenvalue weighted by molar-refractivity contribution is 7.80. The minimum absolute atomic E-state index is 0.118. The third kappa shape index (κ3) is 7.75. The molecule has 10 heavy (non-hydrogen) atoms. The Kier molecular flexibility index (Phi) is 6.69. The van der Waals surface area contributed by atoms with Crippen molar-refractivity contribution in [2.45, 2.75) is 25.7 Å². The molecule has 0 aromatic heterocycles. The molecule has 0 aromatic rings. The van der Waals surface area contributed by atoms with Crippen LogP contribution in [0.2, 0.25) is 0 Å². The number of rotatable bonds is 6. The van der Waals surface area contributed by atoms with Crippen LogP contribution >= 0.6 is 12.6 Å². The predicted octanol–water partition coefficient (Wildman–Crippen LogP) is 1.75. The zero-order valence-electron chi connectivity index (χ0n) is 5.95. The van der Waals surface area contributed by atoms with E-state index in [1.165, 1.54) is 0 Å². The smallest absolute Gasteiger partial charge is 0.203 e. The van der Waals surface area contributed by atoms with E-state index < -0.39 is 0 Å². The first-order valence-electron chi connectivity index (χ1n) is 3.50. The van der Waals surface area contributed by atoms with Crippen LogP contribution in [0, 0.1) is 10.1 Å². The first-order chi connectivity index (χ1) is 4.77. The van der Waals surface area contributed by atoms with Gasteiger partial charge in [0.15, 0.2) is 0 Å². The molecule has 0 aliphatic carbocycles.